The minimum Gasteiger partial charge on any atom is -0.480 e. The number of hydrogen-bond donors (Lipinski definition) is 3. The molecular formula is C12H23N3O3. The predicted octanol–water partition coefficient (Wildman–Crippen LogP) is -0.350. The van der Waals surface area contributed by atoms with Crippen LogP contribution >= 0.6 is 0 Å². The lowest BCUT2D eigenvalue weighted by atomic mass is 10.0. The van der Waals surface area contributed by atoms with Crippen LogP contribution in [0, 0.1) is 0 Å². The Kier molecular flexibility index (Phi) is 6.07. The second-order valence-corrected chi connectivity index (χ2v) is 4.69. The zero-order valence-electron chi connectivity index (χ0n) is 11.1. The Morgan fingerprint density at radius 1 is 1.39 bits per heavy atom. The molecule has 6 nitrogen and oxygen atoms in total. The summed E-state index contributed by atoms with van der Waals surface area (Å²) < 4.78 is 0. The summed E-state index contributed by atoms with van der Waals surface area (Å²) in [5.74, 6) is -0.760. The average molecular weight is 257 g/mol. The van der Waals surface area contributed by atoms with Gasteiger partial charge in [0.05, 0.1) is 6.54 Å². The van der Waals surface area contributed by atoms with E-state index >= 15 is 0 Å². The lowest BCUT2D eigenvalue weighted by Crippen LogP contribution is -2.49. The van der Waals surface area contributed by atoms with Crippen molar-refractivity contribution >= 4 is 11.9 Å². The number of carbonyl (C=O) groups is 2. The Bertz CT molecular complexity index is 288. The van der Waals surface area contributed by atoms with Crippen molar-refractivity contribution in [1.82, 2.24) is 15.5 Å². The number of carboxylic acids is 1. The van der Waals surface area contributed by atoms with E-state index in [1.54, 1.807) is 7.05 Å². The molecule has 104 valence electrons. The Morgan fingerprint density at radius 2 is 2.00 bits per heavy atom. The normalized spacial score (nSPS) is 19.4. The van der Waals surface area contributed by atoms with Crippen LogP contribution < -0.4 is 10.6 Å². The van der Waals surface area contributed by atoms with Crippen molar-refractivity contribution in [3.63, 3.8) is 0 Å². The molecule has 0 bridgehead atoms. The average Bonchev–Trinajstić information content (AvgIpc) is 2.37. The number of nitrogens with zero attached hydrogens (tertiary/aromatic N) is 1. The standard InChI is InChI=1S/C12H23N3O3/c1-3-10(12(17)18)14-9-4-6-15(7-5-9)8-11(16)13-2/h9-10,14H,3-8H2,1-2H3,(H,13,16)(H,17,18). The highest BCUT2D eigenvalue weighted by molar-refractivity contribution is 5.77. The fourth-order valence-electron chi connectivity index (χ4n) is 2.19. The van der Waals surface area contributed by atoms with E-state index in [2.05, 4.69) is 15.5 Å². The maximum atomic E-state index is 11.2. The van der Waals surface area contributed by atoms with Gasteiger partial charge in [0.25, 0.3) is 0 Å². The molecule has 1 aliphatic heterocycles. The molecule has 6 heteroatoms. The van der Waals surface area contributed by atoms with E-state index in [0.717, 1.165) is 25.9 Å². The first-order valence-corrected chi connectivity index (χ1v) is 6.48. The van der Waals surface area contributed by atoms with Crippen LogP contribution in [0.1, 0.15) is 26.2 Å². The topological polar surface area (TPSA) is 81.7 Å². The Balaban J connectivity index is 2.30. The molecule has 1 heterocycles. The van der Waals surface area contributed by atoms with Crippen LogP contribution in [-0.4, -0.2) is 60.6 Å². The van der Waals surface area contributed by atoms with E-state index in [-0.39, 0.29) is 11.9 Å². The Morgan fingerprint density at radius 3 is 2.44 bits per heavy atom. The van der Waals surface area contributed by atoms with Crippen molar-refractivity contribution in [2.24, 2.45) is 0 Å². The summed E-state index contributed by atoms with van der Waals surface area (Å²) in [6, 6.07) is -0.215. The van der Waals surface area contributed by atoms with E-state index in [1.807, 2.05) is 6.92 Å². The molecule has 1 aliphatic rings. The van der Waals surface area contributed by atoms with Gasteiger partial charge in [-0.1, -0.05) is 6.92 Å². The first kappa shape index (κ1) is 14.9. The number of amides is 1. The van der Waals surface area contributed by atoms with Gasteiger partial charge < -0.3 is 15.7 Å². The van der Waals surface area contributed by atoms with Gasteiger partial charge in [-0.2, -0.15) is 0 Å². The van der Waals surface area contributed by atoms with E-state index in [1.165, 1.54) is 0 Å². The number of aliphatic carboxylic acids is 1. The molecule has 0 aliphatic carbocycles. The SMILES string of the molecule is CCC(NC1CCN(CC(=O)NC)CC1)C(=O)O. The van der Waals surface area contributed by atoms with Gasteiger partial charge in [0.1, 0.15) is 6.04 Å². The molecule has 18 heavy (non-hydrogen) atoms. The van der Waals surface area contributed by atoms with E-state index in [0.29, 0.717) is 13.0 Å². The number of nitrogens with one attached hydrogen (secondary N) is 2. The summed E-state index contributed by atoms with van der Waals surface area (Å²) in [6.45, 7) is 3.97. The summed E-state index contributed by atoms with van der Waals surface area (Å²) >= 11 is 0. The van der Waals surface area contributed by atoms with Crippen molar-refractivity contribution in [1.29, 1.82) is 0 Å². The second kappa shape index (κ2) is 7.33. The summed E-state index contributed by atoms with van der Waals surface area (Å²) in [5.41, 5.74) is 0. The Hall–Kier alpha value is -1.14. The van der Waals surface area contributed by atoms with Crippen LogP contribution in [0.2, 0.25) is 0 Å². The molecule has 3 N–H and O–H groups in total. The summed E-state index contributed by atoms with van der Waals surface area (Å²) in [7, 11) is 1.63. The molecule has 1 amide bonds. The van der Waals surface area contributed by atoms with Gasteiger partial charge in [0.15, 0.2) is 0 Å². The van der Waals surface area contributed by atoms with Gasteiger partial charge in [-0.25, -0.2) is 0 Å². The van der Waals surface area contributed by atoms with Crippen LogP contribution in [0.4, 0.5) is 0 Å². The third-order valence-corrected chi connectivity index (χ3v) is 3.38. The number of carbonyl (C=O) groups excluding carboxylic acids is 1. The highest BCUT2D eigenvalue weighted by Crippen LogP contribution is 2.11. The van der Waals surface area contributed by atoms with Crippen LogP contribution in [-0.2, 0) is 9.59 Å². The van der Waals surface area contributed by atoms with Gasteiger partial charge in [-0.05, 0) is 19.3 Å². The van der Waals surface area contributed by atoms with E-state index in [9.17, 15) is 9.59 Å². The number of carboxylic acid groups (broad SMARTS) is 1. The van der Waals surface area contributed by atoms with E-state index in [4.69, 9.17) is 5.11 Å². The summed E-state index contributed by atoms with van der Waals surface area (Å²) in [5, 5.41) is 14.8. The van der Waals surface area contributed by atoms with Crippen molar-refractivity contribution in [2.75, 3.05) is 26.7 Å². The minimum absolute atomic E-state index is 0.0263. The third-order valence-electron chi connectivity index (χ3n) is 3.38. The highest BCUT2D eigenvalue weighted by Gasteiger charge is 2.24. The fraction of sp³-hybridized carbons (Fsp3) is 0.833. The molecule has 0 saturated carbocycles. The molecule has 0 spiro atoms. The maximum absolute atomic E-state index is 11.2. The maximum Gasteiger partial charge on any atom is 0.320 e. The first-order valence-electron chi connectivity index (χ1n) is 6.48. The number of rotatable bonds is 6. The smallest absolute Gasteiger partial charge is 0.320 e. The molecule has 0 aromatic rings. The lowest BCUT2D eigenvalue weighted by Gasteiger charge is -2.33. The lowest BCUT2D eigenvalue weighted by molar-refractivity contribution is -0.139. The molecule has 1 atom stereocenters. The summed E-state index contributed by atoms with van der Waals surface area (Å²) in [6.07, 6.45) is 2.37. The van der Waals surface area contributed by atoms with Gasteiger partial charge in [-0.3, -0.25) is 14.5 Å². The zero-order valence-corrected chi connectivity index (χ0v) is 11.1. The second-order valence-electron chi connectivity index (χ2n) is 4.69. The van der Waals surface area contributed by atoms with Gasteiger partial charge in [-0.15, -0.1) is 0 Å². The quantitative estimate of drug-likeness (QED) is 0.606. The van der Waals surface area contributed by atoms with Crippen molar-refractivity contribution in [2.45, 2.75) is 38.3 Å². The van der Waals surface area contributed by atoms with Crippen molar-refractivity contribution in [3.8, 4) is 0 Å². The van der Waals surface area contributed by atoms with Crippen LogP contribution in [0.15, 0.2) is 0 Å². The molecule has 1 rings (SSSR count). The summed E-state index contributed by atoms with van der Waals surface area (Å²) in [4.78, 5) is 24.3. The van der Waals surface area contributed by atoms with Crippen LogP contribution in [0.5, 0.6) is 0 Å². The number of hydrogen-bond acceptors (Lipinski definition) is 4. The number of piperidine rings is 1. The molecule has 0 aromatic heterocycles. The van der Waals surface area contributed by atoms with Gasteiger partial charge in [0, 0.05) is 26.2 Å². The van der Waals surface area contributed by atoms with Crippen molar-refractivity contribution in [3.05, 3.63) is 0 Å². The monoisotopic (exact) mass is 257 g/mol. The number of likely N-dealkylation sites (tertiary alicyclic amines) is 1. The van der Waals surface area contributed by atoms with E-state index < -0.39 is 12.0 Å². The molecule has 1 fully saturated rings. The first-order chi connectivity index (χ1) is 8.56. The highest BCUT2D eigenvalue weighted by atomic mass is 16.4. The molecule has 1 unspecified atom stereocenters. The van der Waals surface area contributed by atoms with Crippen LogP contribution in [0.25, 0.3) is 0 Å². The van der Waals surface area contributed by atoms with Gasteiger partial charge >= 0.3 is 5.97 Å². The molecule has 1 saturated heterocycles. The zero-order chi connectivity index (χ0) is 13.5. The van der Waals surface area contributed by atoms with Gasteiger partial charge in [0.2, 0.25) is 5.91 Å². The Labute approximate surface area is 108 Å². The predicted molar refractivity (Wildman–Crippen MR) is 68.4 cm³/mol. The van der Waals surface area contributed by atoms with Crippen LogP contribution in [0.3, 0.4) is 0 Å². The minimum atomic E-state index is -0.787. The molecule has 0 radical (unpaired) electrons. The molecule has 0 aromatic carbocycles. The van der Waals surface area contributed by atoms with Crippen molar-refractivity contribution < 1.29 is 14.7 Å². The largest absolute Gasteiger partial charge is 0.480 e. The number of likely N-dealkylation sites (N-methyl/N-ethyl adjacent to an activating group) is 1. The third kappa shape index (κ3) is 4.62. The fourth-order valence-corrected chi connectivity index (χ4v) is 2.19. The molecular weight excluding hydrogens is 234 g/mol.